The lowest BCUT2D eigenvalue weighted by atomic mass is 9.96. The number of carbonyl (C=O) groups is 1. The quantitative estimate of drug-likeness (QED) is 0.848. The Morgan fingerprint density at radius 2 is 2.20 bits per heavy atom. The fourth-order valence-electron chi connectivity index (χ4n) is 1.35. The Morgan fingerprint density at radius 3 is 2.67 bits per heavy atom. The predicted octanol–water partition coefficient (Wildman–Crippen LogP) is 3.31. The summed E-state index contributed by atoms with van der Waals surface area (Å²) in [6, 6.07) is 3.12. The van der Waals surface area contributed by atoms with Gasteiger partial charge in [0.05, 0.1) is 5.92 Å². The summed E-state index contributed by atoms with van der Waals surface area (Å²) in [7, 11) is 0. The van der Waals surface area contributed by atoms with Gasteiger partial charge in [-0.05, 0) is 12.5 Å². The van der Waals surface area contributed by atoms with Crippen LogP contribution in [-0.4, -0.2) is 5.97 Å². The van der Waals surface area contributed by atoms with Crippen LogP contribution in [0.1, 0.15) is 24.8 Å². The van der Waals surface area contributed by atoms with E-state index in [1.807, 2.05) is 0 Å². The summed E-state index contributed by atoms with van der Waals surface area (Å²) in [5.41, 5.74) is 0.142. The summed E-state index contributed by atoms with van der Waals surface area (Å²) in [6.45, 7) is 1.72. The van der Waals surface area contributed by atoms with Crippen LogP contribution in [0.2, 0.25) is 0 Å². The number of carbonyl (C=O) groups excluding carboxylic acids is 1. The Hall–Kier alpha value is -0.970. The monoisotopic (exact) mass is 278 g/mol. The molecule has 0 fully saturated rings. The van der Waals surface area contributed by atoms with Crippen LogP contribution >= 0.6 is 16.3 Å². The fraction of sp³-hybridized carbons (Fsp3) is 0.300. The van der Waals surface area contributed by atoms with Crippen LogP contribution in [0, 0.1) is 11.6 Å². The highest BCUT2D eigenvalue weighted by atomic mass is 79.9. The minimum Gasteiger partial charge on any atom is -0.383 e. The second-order valence-corrected chi connectivity index (χ2v) is 3.35. The summed E-state index contributed by atoms with van der Waals surface area (Å²) in [6.07, 6.45) is 0.382. The average molecular weight is 279 g/mol. The van der Waals surface area contributed by atoms with Gasteiger partial charge in [0.1, 0.15) is 11.6 Å². The van der Waals surface area contributed by atoms with Crippen LogP contribution in [0.4, 0.5) is 8.78 Å². The standard InChI is InChI=1S/C10H9BrF2O2/c1-2-7(10(14)15-11)8-4-3-6(12)5-9(8)13/h3-5,7H,2H2,1H3. The first-order valence-corrected chi connectivity index (χ1v) is 5.02. The molecule has 1 rings (SSSR count). The van der Waals surface area contributed by atoms with E-state index in [1.165, 1.54) is 6.07 Å². The molecule has 15 heavy (non-hydrogen) atoms. The molecule has 0 saturated carbocycles. The first kappa shape index (κ1) is 12.1. The molecule has 0 amide bonds. The number of rotatable bonds is 3. The highest BCUT2D eigenvalue weighted by Crippen LogP contribution is 2.25. The molecule has 0 aliphatic carbocycles. The van der Waals surface area contributed by atoms with Gasteiger partial charge in [-0.15, -0.1) is 0 Å². The molecule has 0 bridgehead atoms. The molecule has 0 N–H and O–H groups in total. The van der Waals surface area contributed by atoms with Crippen LogP contribution in [0.15, 0.2) is 18.2 Å². The van der Waals surface area contributed by atoms with Gasteiger partial charge in [-0.1, -0.05) is 13.0 Å². The molecule has 0 aromatic heterocycles. The van der Waals surface area contributed by atoms with Gasteiger partial charge in [0.15, 0.2) is 16.3 Å². The third-order valence-corrected chi connectivity index (χ3v) is 2.43. The summed E-state index contributed by atoms with van der Waals surface area (Å²) < 4.78 is 30.3. The highest BCUT2D eigenvalue weighted by Gasteiger charge is 2.23. The SMILES string of the molecule is CCC(C(=O)OBr)c1ccc(F)cc1F. The van der Waals surface area contributed by atoms with E-state index in [9.17, 15) is 13.6 Å². The van der Waals surface area contributed by atoms with E-state index in [0.717, 1.165) is 12.1 Å². The van der Waals surface area contributed by atoms with Gasteiger partial charge in [0.25, 0.3) is 0 Å². The molecule has 0 radical (unpaired) electrons. The molecule has 0 aliphatic rings. The lowest BCUT2D eigenvalue weighted by Crippen LogP contribution is -2.13. The van der Waals surface area contributed by atoms with Crippen molar-refractivity contribution >= 4 is 22.2 Å². The van der Waals surface area contributed by atoms with Crippen molar-refractivity contribution in [2.24, 2.45) is 0 Å². The molecule has 0 aliphatic heterocycles. The summed E-state index contributed by atoms with van der Waals surface area (Å²) in [5.74, 6) is -2.72. The zero-order chi connectivity index (χ0) is 11.4. The van der Waals surface area contributed by atoms with Crippen LogP contribution in [0.5, 0.6) is 0 Å². The largest absolute Gasteiger partial charge is 0.383 e. The van der Waals surface area contributed by atoms with E-state index in [4.69, 9.17) is 0 Å². The first-order valence-electron chi connectivity index (χ1n) is 4.37. The van der Waals surface area contributed by atoms with Gasteiger partial charge in [0.2, 0.25) is 0 Å². The minimum atomic E-state index is -0.736. The highest BCUT2D eigenvalue weighted by molar-refractivity contribution is 9.06. The van der Waals surface area contributed by atoms with E-state index < -0.39 is 23.5 Å². The lowest BCUT2D eigenvalue weighted by molar-refractivity contribution is -0.134. The zero-order valence-corrected chi connectivity index (χ0v) is 9.55. The minimum absolute atomic E-state index is 0.142. The number of benzene rings is 1. The number of hydrogen-bond acceptors (Lipinski definition) is 2. The van der Waals surface area contributed by atoms with Gasteiger partial charge < -0.3 is 3.83 Å². The maximum absolute atomic E-state index is 13.3. The Balaban J connectivity index is 3.07. The molecule has 2 nitrogen and oxygen atoms in total. The number of hydrogen-bond donors (Lipinski definition) is 0. The Kier molecular flexibility index (Phi) is 4.20. The Bertz CT molecular complexity index is 368. The zero-order valence-electron chi connectivity index (χ0n) is 7.97. The van der Waals surface area contributed by atoms with E-state index in [-0.39, 0.29) is 5.56 Å². The average Bonchev–Trinajstić information content (AvgIpc) is 2.21. The maximum Gasteiger partial charge on any atom is 0.324 e. The second-order valence-electron chi connectivity index (χ2n) is 3.02. The van der Waals surface area contributed by atoms with Gasteiger partial charge in [-0.3, -0.25) is 4.79 Å². The van der Waals surface area contributed by atoms with E-state index in [1.54, 1.807) is 6.92 Å². The van der Waals surface area contributed by atoms with Gasteiger partial charge >= 0.3 is 5.97 Å². The molecule has 1 aromatic rings. The molecule has 5 heteroatoms. The molecule has 0 spiro atoms. The number of halogens is 3. The summed E-state index contributed by atoms with van der Waals surface area (Å²) in [5, 5.41) is 0. The van der Waals surface area contributed by atoms with Crippen molar-refractivity contribution in [1.29, 1.82) is 0 Å². The predicted molar refractivity (Wildman–Crippen MR) is 54.4 cm³/mol. The first-order chi connectivity index (χ1) is 7.10. The Labute approximate surface area is 94.7 Å². The molecule has 82 valence electrons. The molecular formula is C10H9BrF2O2. The van der Waals surface area contributed by atoms with E-state index in [2.05, 4.69) is 20.1 Å². The van der Waals surface area contributed by atoms with Crippen LogP contribution < -0.4 is 0 Å². The van der Waals surface area contributed by atoms with Crippen molar-refractivity contribution in [1.82, 2.24) is 0 Å². The smallest absolute Gasteiger partial charge is 0.324 e. The van der Waals surface area contributed by atoms with Crippen molar-refractivity contribution in [3.8, 4) is 0 Å². The molecule has 1 unspecified atom stereocenters. The summed E-state index contributed by atoms with van der Waals surface area (Å²) in [4.78, 5) is 11.3. The van der Waals surface area contributed by atoms with E-state index in [0.29, 0.717) is 6.42 Å². The summed E-state index contributed by atoms with van der Waals surface area (Å²) >= 11 is 2.55. The van der Waals surface area contributed by atoms with Crippen molar-refractivity contribution < 1.29 is 17.4 Å². The maximum atomic E-state index is 13.3. The van der Waals surface area contributed by atoms with Gasteiger partial charge in [-0.25, -0.2) is 8.78 Å². The fourth-order valence-corrected chi connectivity index (χ4v) is 1.58. The molecule has 0 saturated heterocycles. The lowest BCUT2D eigenvalue weighted by Gasteiger charge is -2.12. The topological polar surface area (TPSA) is 26.3 Å². The van der Waals surface area contributed by atoms with Gasteiger partial charge in [-0.2, -0.15) is 0 Å². The van der Waals surface area contributed by atoms with Crippen LogP contribution in [0.3, 0.4) is 0 Å². The normalized spacial score (nSPS) is 12.3. The van der Waals surface area contributed by atoms with Crippen molar-refractivity contribution in [2.75, 3.05) is 0 Å². The molecular weight excluding hydrogens is 270 g/mol. The third kappa shape index (κ3) is 2.75. The van der Waals surface area contributed by atoms with Crippen molar-refractivity contribution in [2.45, 2.75) is 19.3 Å². The van der Waals surface area contributed by atoms with Crippen molar-refractivity contribution in [3.05, 3.63) is 35.4 Å². The van der Waals surface area contributed by atoms with Crippen molar-refractivity contribution in [3.63, 3.8) is 0 Å². The molecule has 1 aromatic carbocycles. The molecule has 1 atom stereocenters. The van der Waals surface area contributed by atoms with E-state index >= 15 is 0 Å². The van der Waals surface area contributed by atoms with Gasteiger partial charge in [0, 0.05) is 11.6 Å². The molecule has 0 heterocycles. The Morgan fingerprint density at radius 1 is 1.53 bits per heavy atom. The second kappa shape index (κ2) is 5.21. The van der Waals surface area contributed by atoms with Crippen LogP contribution in [0.25, 0.3) is 0 Å². The third-order valence-electron chi connectivity index (χ3n) is 2.11. The van der Waals surface area contributed by atoms with Crippen LogP contribution in [-0.2, 0) is 8.62 Å².